The highest BCUT2D eigenvalue weighted by atomic mass is 16.6. The van der Waals surface area contributed by atoms with Crippen LogP contribution >= 0.6 is 0 Å². The van der Waals surface area contributed by atoms with Gasteiger partial charge in [0.05, 0.1) is 24.9 Å². The fraction of sp³-hybridized carbons (Fsp3) is 0.897. The van der Waals surface area contributed by atoms with Crippen LogP contribution in [0.4, 0.5) is 4.79 Å². The second-order valence-electron chi connectivity index (χ2n) is 14.0. The number of carbonyl (C=O) groups is 2. The van der Waals surface area contributed by atoms with Crippen molar-refractivity contribution < 1.29 is 33.6 Å². The third-order valence-electron chi connectivity index (χ3n) is 9.34. The number of hydrogen-bond acceptors (Lipinski definition) is 8. The standard InChI is InChI=1S/C19H35NO3.C8H17NO2.C7H14O2.C3H6.C2H6/c1-8-11-13(4)16(22-12-9-2)15(6)17-19(7,14(5)10-3)23-18(21)20-17;1-6-4-7(9(2)3)5-8(10)11-6;1-7(6-8)4-3-5-9-2;1-2-3-1;1-2/h9,13-17H,2,8,10-12H2,1,3-7H3,(H,20,21);6-8,10H,4-5H2,1-3H3;6-7H,3-5H2,1-2H3;1-3H2;1-2H3/t13-,14-,15?,16?,17?,19-;;;;/m1..../s1. The lowest BCUT2D eigenvalue weighted by Gasteiger charge is -2.40. The van der Waals surface area contributed by atoms with E-state index in [-0.39, 0.29) is 42.1 Å². The van der Waals surface area contributed by atoms with Gasteiger partial charge in [0.1, 0.15) is 11.9 Å². The number of aliphatic hydroxyl groups is 1. The zero-order valence-electron chi connectivity index (χ0n) is 33.4. The average Bonchev–Trinajstić information content (AvgIpc) is 3.91. The third kappa shape index (κ3) is 20.2. The van der Waals surface area contributed by atoms with Gasteiger partial charge in [0.2, 0.25) is 0 Å². The Morgan fingerprint density at radius 3 is 2.15 bits per heavy atom. The first-order valence-electron chi connectivity index (χ1n) is 18.9. The van der Waals surface area contributed by atoms with Gasteiger partial charge in [-0.3, -0.25) is 0 Å². The van der Waals surface area contributed by atoms with Crippen LogP contribution in [-0.4, -0.2) is 93.0 Å². The van der Waals surface area contributed by atoms with Crippen LogP contribution in [0.1, 0.15) is 133 Å². The Balaban J connectivity index is 0. The summed E-state index contributed by atoms with van der Waals surface area (Å²) < 4.78 is 21.8. The molecule has 7 unspecified atom stereocenters. The molecule has 1 amide bonds. The molecule has 286 valence electrons. The molecule has 1 saturated carbocycles. The van der Waals surface area contributed by atoms with Gasteiger partial charge in [-0.2, -0.15) is 0 Å². The van der Waals surface area contributed by atoms with E-state index in [0.29, 0.717) is 18.6 Å². The lowest BCUT2D eigenvalue weighted by Crippen LogP contribution is -2.53. The molecule has 0 radical (unpaired) electrons. The van der Waals surface area contributed by atoms with Crippen molar-refractivity contribution in [2.24, 2.45) is 23.7 Å². The van der Waals surface area contributed by atoms with Crippen LogP contribution in [0.15, 0.2) is 12.7 Å². The van der Waals surface area contributed by atoms with Gasteiger partial charge in [0.25, 0.3) is 0 Å². The second-order valence-corrected chi connectivity index (χ2v) is 14.0. The maximum absolute atomic E-state index is 11.9. The van der Waals surface area contributed by atoms with E-state index >= 15 is 0 Å². The van der Waals surface area contributed by atoms with Crippen molar-refractivity contribution in [1.29, 1.82) is 0 Å². The molecule has 2 heterocycles. The van der Waals surface area contributed by atoms with E-state index in [1.54, 1.807) is 13.2 Å². The zero-order chi connectivity index (χ0) is 37.3. The molecule has 2 saturated heterocycles. The maximum Gasteiger partial charge on any atom is 0.408 e. The summed E-state index contributed by atoms with van der Waals surface area (Å²) >= 11 is 0. The number of ether oxygens (including phenoxy) is 4. The molecule has 3 rings (SSSR count). The molecular formula is C39H78N2O7. The first-order chi connectivity index (χ1) is 22.7. The number of aldehydes is 1. The van der Waals surface area contributed by atoms with Crippen molar-refractivity contribution in [3.63, 3.8) is 0 Å². The number of cyclic esters (lactones) is 1. The average molecular weight is 687 g/mol. The van der Waals surface area contributed by atoms with Crippen molar-refractivity contribution in [2.75, 3.05) is 34.4 Å². The Kier molecular flexibility index (Phi) is 28.6. The highest BCUT2D eigenvalue weighted by Gasteiger charge is 2.52. The summed E-state index contributed by atoms with van der Waals surface area (Å²) in [6.45, 7) is 25.9. The van der Waals surface area contributed by atoms with E-state index in [1.807, 2.05) is 41.8 Å². The summed E-state index contributed by atoms with van der Waals surface area (Å²) in [4.78, 5) is 24.1. The molecule has 3 aliphatic rings. The van der Waals surface area contributed by atoms with Gasteiger partial charge in [-0.05, 0) is 71.9 Å². The minimum Gasteiger partial charge on any atom is -0.441 e. The smallest absolute Gasteiger partial charge is 0.408 e. The summed E-state index contributed by atoms with van der Waals surface area (Å²) in [5.41, 5.74) is -0.493. The largest absolute Gasteiger partial charge is 0.441 e. The summed E-state index contributed by atoms with van der Waals surface area (Å²) in [6, 6.07) is 0.424. The molecule has 0 aromatic heterocycles. The maximum atomic E-state index is 11.9. The van der Waals surface area contributed by atoms with Gasteiger partial charge in [-0.1, -0.05) is 87.1 Å². The van der Waals surface area contributed by atoms with Crippen molar-refractivity contribution in [3.05, 3.63) is 12.7 Å². The third-order valence-corrected chi connectivity index (χ3v) is 9.34. The zero-order valence-corrected chi connectivity index (χ0v) is 33.4. The number of nitrogens with zero attached hydrogens (tertiary/aromatic N) is 1. The van der Waals surface area contributed by atoms with Crippen molar-refractivity contribution >= 4 is 12.4 Å². The van der Waals surface area contributed by atoms with Crippen molar-refractivity contribution in [1.82, 2.24) is 10.2 Å². The summed E-state index contributed by atoms with van der Waals surface area (Å²) in [6.07, 6.45) is 13.5. The molecule has 48 heavy (non-hydrogen) atoms. The lowest BCUT2D eigenvalue weighted by atomic mass is 9.74. The van der Waals surface area contributed by atoms with Gasteiger partial charge < -0.3 is 39.1 Å². The molecule has 0 bridgehead atoms. The first-order valence-corrected chi connectivity index (χ1v) is 18.9. The number of methoxy groups -OCH3 is 1. The molecule has 10 atom stereocenters. The summed E-state index contributed by atoms with van der Waals surface area (Å²) in [7, 11) is 5.75. The monoisotopic (exact) mass is 687 g/mol. The molecule has 0 spiro atoms. The predicted octanol–water partition coefficient (Wildman–Crippen LogP) is 8.42. The van der Waals surface area contributed by atoms with E-state index in [2.05, 4.69) is 58.3 Å². The van der Waals surface area contributed by atoms with E-state index in [9.17, 15) is 14.7 Å². The van der Waals surface area contributed by atoms with Crippen LogP contribution in [0.3, 0.4) is 0 Å². The molecule has 3 fully saturated rings. The van der Waals surface area contributed by atoms with E-state index in [1.165, 1.54) is 19.3 Å². The SMILES string of the molecule is C1CC1.C=CCOC(C(C)C1NC(=O)O[C@]1(C)[C@H](C)CC)[C@H](C)CCC.CC.CC1CC(N(C)C)CC(O)O1.COCCCC(C)C=O. The molecular weight excluding hydrogens is 608 g/mol. The Labute approximate surface area is 296 Å². The van der Waals surface area contributed by atoms with E-state index < -0.39 is 11.9 Å². The fourth-order valence-electron chi connectivity index (χ4n) is 5.98. The Hall–Kier alpha value is -1.52. The summed E-state index contributed by atoms with van der Waals surface area (Å²) in [5, 5.41) is 12.3. The van der Waals surface area contributed by atoms with Crippen LogP contribution in [0.2, 0.25) is 0 Å². The predicted molar refractivity (Wildman–Crippen MR) is 199 cm³/mol. The molecule has 0 aromatic carbocycles. The van der Waals surface area contributed by atoms with Gasteiger partial charge in [-0.15, -0.1) is 6.58 Å². The number of carbonyl (C=O) groups excluding carboxylic acids is 2. The van der Waals surface area contributed by atoms with Gasteiger partial charge >= 0.3 is 6.09 Å². The van der Waals surface area contributed by atoms with Crippen LogP contribution in [0.5, 0.6) is 0 Å². The number of hydrogen-bond donors (Lipinski definition) is 2. The molecule has 2 aliphatic heterocycles. The van der Waals surface area contributed by atoms with E-state index in [0.717, 1.165) is 57.8 Å². The normalized spacial score (nSPS) is 27.2. The molecule has 1 aliphatic carbocycles. The van der Waals surface area contributed by atoms with Crippen LogP contribution in [0, 0.1) is 23.7 Å². The molecule has 9 heteroatoms. The molecule has 2 N–H and O–H groups in total. The number of amides is 1. The fourth-order valence-corrected chi connectivity index (χ4v) is 5.98. The van der Waals surface area contributed by atoms with Crippen LogP contribution in [-0.2, 0) is 23.7 Å². The van der Waals surface area contributed by atoms with E-state index in [4.69, 9.17) is 18.9 Å². The van der Waals surface area contributed by atoms with Crippen LogP contribution < -0.4 is 5.32 Å². The molecule has 0 aromatic rings. The van der Waals surface area contributed by atoms with Crippen molar-refractivity contribution in [3.8, 4) is 0 Å². The second kappa shape index (κ2) is 28.2. The number of alkyl carbamates (subject to hydrolysis) is 1. The topological polar surface area (TPSA) is 107 Å². The van der Waals surface area contributed by atoms with Crippen LogP contribution in [0.25, 0.3) is 0 Å². The van der Waals surface area contributed by atoms with Gasteiger partial charge in [0.15, 0.2) is 6.29 Å². The van der Waals surface area contributed by atoms with Gasteiger partial charge in [0, 0.05) is 38.0 Å². The Bertz CT molecular complexity index is 798. The minimum atomic E-state index is -0.564. The number of aliphatic hydroxyl groups excluding tert-OH is 1. The quantitative estimate of drug-likeness (QED) is 0.0947. The van der Waals surface area contributed by atoms with Crippen molar-refractivity contribution in [2.45, 2.75) is 170 Å². The molecule has 9 nitrogen and oxygen atoms in total. The minimum absolute atomic E-state index is 0.0425. The Morgan fingerprint density at radius 2 is 1.71 bits per heavy atom. The van der Waals surface area contributed by atoms with Gasteiger partial charge in [-0.25, -0.2) is 4.79 Å². The lowest BCUT2D eigenvalue weighted by molar-refractivity contribution is -0.172. The number of nitrogens with one attached hydrogen (secondary N) is 1. The first kappa shape index (κ1) is 48.6. The highest BCUT2D eigenvalue weighted by molar-refractivity contribution is 5.71. The summed E-state index contributed by atoms with van der Waals surface area (Å²) in [5.74, 6) is 1.08. The Morgan fingerprint density at radius 1 is 1.10 bits per heavy atom. The number of rotatable bonds is 16. The highest BCUT2D eigenvalue weighted by Crippen LogP contribution is 2.39.